The van der Waals surface area contributed by atoms with Crippen molar-refractivity contribution in [2.75, 3.05) is 5.32 Å². The van der Waals surface area contributed by atoms with Crippen LogP contribution in [0.2, 0.25) is 0 Å². The highest BCUT2D eigenvalue weighted by atomic mass is 19.4. The van der Waals surface area contributed by atoms with Gasteiger partial charge in [0.05, 0.1) is 12.1 Å². The number of carbonyl (C=O) groups is 1. The maximum Gasteiger partial charge on any atom is 0.416 e. The molecule has 1 heterocycles. The predicted octanol–water partition coefficient (Wildman–Crippen LogP) is 2.75. The van der Waals surface area contributed by atoms with Crippen LogP contribution in [0.1, 0.15) is 11.4 Å². The molecule has 0 radical (unpaired) electrons. The van der Waals surface area contributed by atoms with E-state index in [-0.39, 0.29) is 12.2 Å². The molecule has 0 aliphatic carbocycles. The van der Waals surface area contributed by atoms with E-state index < -0.39 is 17.8 Å². The smallest absolute Gasteiger partial charge is 0.347 e. The first kappa shape index (κ1) is 13.9. The molecule has 2 rings (SSSR count). The average Bonchev–Trinajstić information content (AvgIpc) is 2.89. The van der Waals surface area contributed by atoms with Crippen LogP contribution in [0.5, 0.6) is 0 Å². The van der Waals surface area contributed by atoms with Crippen molar-refractivity contribution in [1.29, 1.82) is 0 Å². The van der Waals surface area contributed by atoms with Gasteiger partial charge in [0.1, 0.15) is 5.82 Å². The van der Waals surface area contributed by atoms with Crippen molar-refractivity contribution in [1.82, 2.24) is 15.3 Å². The van der Waals surface area contributed by atoms with Crippen LogP contribution in [-0.4, -0.2) is 16.0 Å². The minimum Gasteiger partial charge on any atom is -0.347 e. The third-order valence-corrected chi connectivity index (χ3v) is 2.44. The molecule has 3 N–H and O–H groups in total. The lowest BCUT2D eigenvalue weighted by atomic mass is 10.2. The largest absolute Gasteiger partial charge is 0.416 e. The van der Waals surface area contributed by atoms with Crippen LogP contribution in [-0.2, 0) is 12.7 Å². The Balaban J connectivity index is 1.88. The second kappa shape index (κ2) is 5.64. The van der Waals surface area contributed by atoms with Gasteiger partial charge in [-0.05, 0) is 24.3 Å². The molecule has 0 aliphatic rings. The first-order valence-corrected chi connectivity index (χ1v) is 5.65. The van der Waals surface area contributed by atoms with Gasteiger partial charge in [0, 0.05) is 18.1 Å². The van der Waals surface area contributed by atoms with Gasteiger partial charge in [0.25, 0.3) is 0 Å². The molecule has 2 amide bonds. The van der Waals surface area contributed by atoms with Crippen molar-refractivity contribution in [3.05, 3.63) is 48.0 Å². The number of aromatic amines is 1. The molecule has 20 heavy (non-hydrogen) atoms. The van der Waals surface area contributed by atoms with Crippen molar-refractivity contribution in [3.8, 4) is 0 Å². The Morgan fingerprint density at radius 1 is 1.25 bits per heavy atom. The number of urea groups is 1. The van der Waals surface area contributed by atoms with Crippen LogP contribution < -0.4 is 10.6 Å². The summed E-state index contributed by atoms with van der Waals surface area (Å²) >= 11 is 0. The van der Waals surface area contributed by atoms with E-state index in [1.807, 2.05) is 0 Å². The number of amides is 2. The fourth-order valence-corrected chi connectivity index (χ4v) is 1.48. The zero-order chi connectivity index (χ0) is 14.6. The van der Waals surface area contributed by atoms with E-state index in [0.717, 1.165) is 12.1 Å². The highest BCUT2D eigenvalue weighted by Gasteiger charge is 2.29. The minimum atomic E-state index is -4.39. The zero-order valence-corrected chi connectivity index (χ0v) is 10.2. The second-order valence-corrected chi connectivity index (χ2v) is 3.92. The summed E-state index contributed by atoms with van der Waals surface area (Å²) in [4.78, 5) is 18.2. The van der Waals surface area contributed by atoms with Gasteiger partial charge in [0.2, 0.25) is 0 Å². The van der Waals surface area contributed by atoms with Crippen molar-refractivity contribution in [2.45, 2.75) is 12.7 Å². The highest BCUT2D eigenvalue weighted by molar-refractivity contribution is 5.89. The average molecular weight is 284 g/mol. The molecule has 106 valence electrons. The molecule has 0 saturated carbocycles. The number of aromatic nitrogens is 2. The Hall–Kier alpha value is -2.51. The summed E-state index contributed by atoms with van der Waals surface area (Å²) < 4.78 is 37.0. The topological polar surface area (TPSA) is 69.8 Å². The van der Waals surface area contributed by atoms with E-state index in [1.165, 1.54) is 12.1 Å². The third-order valence-electron chi connectivity index (χ3n) is 2.44. The van der Waals surface area contributed by atoms with Crippen LogP contribution in [0.4, 0.5) is 23.7 Å². The SMILES string of the molecule is O=C(NCc1ncc[nH]1)Nc1ccc(C(F)(F)F)cc1. The molecule has 0 aliphatic heterocycles. The molecule has 1 aromatic heterocycles. The van der Waals surface area contributed by atoms with Gasteiger partial charge >= 0.3 is 12.2 Å². The molecular weight excluding hydrogens is 273 g/mol. The maximum atomic E-state index is 12.3. The molecule has 0 atom stereocenters. The molecule has 1 aromatic carbocycles. The number of rotatable bonds is 3. The summed E-state index contributed by atoms with van der Waals surface area (Å²) in [5.41, 5.74) is -0.492. The Morgan fingerprint density at radius 2 is 1.95 bits per heavy atom. The highest BCUT2D eigenvalue weighted by Crippen LogP contribution is 2.29. The molecule has 2 aromatic rings. The quantitative estimate of drug-likeness (QED) is 0.811. The van der Waals surface area contributed by atoms with Crippen LogP contribution in [0, 0.1) is 0 Å². The van der Waals surface area contributed by atoms with Gasteiger partial charge in [-0.1, -0.05) is 0 Å². The molecule has 0 saturated heterocycles. The zero-order valence-electron chi connectivity index (χ0n) is 10.2. The third kappa shape index (κ3) is 3.74. The molecule has 0 unspecified atom stereocenters. The fourth-order valence-electron chi connectivity index (χ4n) is 1.48. The van der Waals surface area contributed by atoms with Crippen LogP contribution in [0.25, 0.3) is 0 Å². The predicted molar refractivity (Wildman–Crippen MR) is 65.9 cm³/mol. The first-order valence-electron chi connectivity index (χ1n) is 5.65. The number of hydrogen-bond donors (Lipinski definition) is 3. The number of imidazole rings is 1. The van der Waals surface area contributed by atoms with Gasteiger partial charge in [-0.2, -0.15) is 13.2 Å². The van der Waals surface area contributed by atoms with Crippen molar-refractivity contribution in [2.24, 2.45) is 0 Å². The van der Waals surface area contributed by atoms with Crippen LogP contribution in [0.3, 0.4) is 0 Å². The number of nitrogens with one attached hydrogen (secondary N) is 3. The molecular formula is C12H11F3N4O. The Labute approximate surface area is 112 Å². The summed E-state index contributed by atoms with van der Waals surface area (Å²) in [5.74, 6) is 0.576. The summed E-state index contributed by atoms with van der Waals surface area (Å²) in [5, 5.41) is 4.94. The summed E-state index contributed by atoms with van der Waals surface area (Å²) in [6.45, 7) is 0.194. The van der Waals surface area contributed by atoms with Gasteiger partial charge in [-0.25, -0.2) is 9.78 Å². The standard InChI is InChI=1S/C12H11F3N4O/c13-12(14,15)8-1-3-9(4-2-8)19-11(20)18-7-10-16-5-6-17-10/h1-6H,7H2,(H,16,17)(H2,18,19,20). The molecule has 0 spiro atoms. The number of alkyl halides is 3. The number of carbonyl (C=O) groups excluding carboxylic acids is 1. The number of anilines is 1. The van der Waals surface area contributed by atoms with E-state index in [2.05, 4.69) is 20.6 Å². The van der Waals surface area contributed by atoms with E-state index in [9.17, 15) is 18.0 Å². The number of benzene rings is 1. The summed E-state index contributed by atoms with van der Waals surface area (Å²) in [6.07, 6.45) is -1.23. The van der Waals surface area contributed by atoms with Gasteiger partial charge in [-0.15, -0.1) is 0 Å². The van der Waals surface area contributed by atoms with Gasteiger partial charge < -0.3 is 15.6 Å². The lowest BCUT2D eigenvalue weighted by Crippen LogP contribution is -2.28. The lowest BCUT2D eigenvalue weighted by Gasteiger charge is -2.09. The van der Waals surface area contributed by atoms with Gasteiger partial charge in [-0.3, -0.25) is 0 Å². The van der Waals surface area contributed by atoms with E-state index in [0.29, 0.717) is 5.82 Å². The minimum absolute atomic E-state index is 0.194. The van der Waals surface area contributed by atoms with Crippen molar-refractivity contribution >= 4 is 11.7 Å². The second-order valence-electron chi connectivity index (χ2n) is 3.92. The number of halogens is 3. The Morgan fingerprint density at radius 3 is 2.50 bits per heavy atom. The van der Waals surface area contributed by atoms with E-state index in [4.69, 9.17) is 0 Å². The monoisotopic (exact) mass is 284 g/mol. The summed E-state index contributed by atoms with van der Waals surface area (Å²) in [6, 6.07) is 3.66. The Bertz CT molecular complexity index is 563. The van der Waals surface area contributed by atoms with Gasteiger partial charge in [0.15, 0.2) is 0 Å². The van der Waals surface area contributed by atoms with Crippen LogP contribution in [0.15, 0.2) is 36.7 Å². The first-order chi connectivity index (χ1) is 9.45. The van der Waals surface area contributed by atoms with E-state index in [1.54, 1.807) is 12.4 Å². The molecule has 5 nitrogen and oxygen atoms in total. The maximum absolute atomic E-state index is 12.3. The number of nitrogens with zero attached hydrogens (tertiary/aromatic N) is 1. The lowest BCUT2D eigenvalue weighted by molar-refractivity contribution is -0.137. The van der Waals surface area contributed by atoms with Crippen LogP contribution >= 0.6 is 0 Å². The molecule has 8 heteroatoms. The molecule has 0 fully saturated rings. The number of H-pyrrole nitrogens is 1. The fraction of sp³-hybridized carbons (Fsp3) is 0.167. The molecule has 0 bridgehead atoms. The van der Waals surface area contributed by atoms with Crippen molar-refractivity contribution in [3.63, 3.8) is 0 Å². The van der Waals surface area contributed by atoms with E-state index >= 15 is 0 Å². The Kier molecular flexibility index (Phi) is 3.92. The number of hydrogen-bond acceptors (Lipinski definition) is 2. The normalized spacial score (nSPS) is 11.2. The van der Waals surface area contributed by atoms with Crippen molar-refractivity contribution < 1.29 is 18.0 Å². The summed E-state index contributed by atoms with van der Waals surface area (Å²) in [7, 11) is 0.